The van der Waals surface area contributed by atoms with Gasteiger partial charge in [0.25, 0.3) is 5.91 Å². The summed E-state index contributed by atoms with van der Waals surface area (Å²) in [5.74, 6) is 0.317. The minimum absolute atomic E-state index is 0.0850. The highest BCUT2D eigenvalue weighted by molar-refractivity contribution is 5.93. The maximum absolute atomic E-state index is 11.8. The number of amides is 1. The van der Waals surface area contributed by atoms with Crippen LogP contribution in [0, 0.1) is 5.92 Å². The molecule has 1 aromatic rings. The second-order valence-corrected chi connectivity index (χ2v) is 4.64. The van der Waals surface area contributed by atoms with Crippen LogP contribution in [0.3, 0.4) is 0 Å². The van der Waals surface area contributed by atoms with E-state index in [1.807, 2.05) is 0 Å². The van der Waals surface area contributed by atoms with Crippen molar-refractivity contribution in [2.24, 2.45) is 5.92 Å². The summed E-state index contributed by atoms with van der Waals surface area (Å²) in [5, 5.41) is 12.4. The molecular weight excluding hydrogens is 216 g/mol. The van der Waals surface area contributed by atoms with E-state index >= 15 is 0 Å². The lowest BCUT2D eigenvalue weighted by Crippen LogP contribution is -2.32. The van der Waals surface area contributed by atoms with Crippen molar-refractivity contribution in [1.82, 2.24) is 10.3 Å². The lowest BCUT2D eigenvalue weighted by Gasteiger charge is -2.25. The summed E-state index contributed by atoms with van der Waals surface area (Å²) >= 11 is 0. The van der Waals surface area contributed by atoms with Crippen LogP contribution in [0.25, 0.3) is 0 Å². The van der Waals surface area contributed by atoms with E-state index in [-0.39, 0.29) is 12.0 Å². The van der Waals surface area contributed by atoms with Crippen LogP contribution in [0.15, 0.2) is 24.5 Å². The fraction of sp³-hybridized carbons (Fsp3) is 0.538. The normalized spacial score (nSPS) is 24.3. The molecule has 0 saturated heterocycles. The van der Waals surface area contributed by atoms with Crippen molar-refractivity contribution in [3.05, 3.63) is 30.1 Å². The van der Waals surface area contributed by atoms with Crippen LogP contribution < -0.4 is 5.32 Å². The molecule has 1 aliphatic rings. The molecule has 4 nitrogen and oxygen atoms in total. The van der Waals surface area contributed by atoms with E-state index in [4.69, 9.17) is 0 Å². The molecule has 1 heterocycles. The molecule has 1 fully saturated rings. The molecule has 1 aliphatic carbocycles. The van der Waals surface area contributed by atoms with E-state index in [9.17, 15) is 9.90 Å². The molecule has 2 N–H and O–H groups in total. The van der Waals surface area contributed by atoms with Gasteiger partial charge in [0.05, 0.1) is 11.7 Å². The highest BCUT2D eigenvalue weighted by atomic mass is 16.3. The topological polar surface area (TPSA) is 62.2 Å². The van der Waals surface area contributed by atoms with Crippen molar-refractivity contribution in [1.29, 1.82) is 0 Å². The second kappa shape index (κ2) is 5.77. The Balaban J connectivity index is 1.80. The zero-order chi connectivity index (χ0) is 12.1. The van der Waals surface area contributed by atoms with Gasteiger partial charge in [-0.3, -0.25) is 9.78 Å². The maximum Gasteiger partial charge on any atom is 0.252 e. The highest BCUT2D eigenvalue weighted by Crippen LogP contribution is 2.23. The van der Waals surface area contributed by atoms with Crippen LogP contribution in [0.5, 0.6) is 0 Å². The number of carbonyl (C=O) groups excluding carboxylic acids is 1. The minimum Gasteiger partial charge on any atom is -0.393 e. The standard InChI is InChI=1S/C13H18N2O2/c16-12-5-1-3-10(7-12)8-15-13(17)11-4-2-6-14-9-11/h2,4,6,9-10,12,16H,1,3,5,7-8H2,(H,15,17). The van der Waals surface area contributed by atoms with Gasteiger partial charge in [0, 0.05) is 18.9 Å². The third-order valence-electron chi connectivity index (χ3n) is 3.23. The first-order valence-electron chi connectivity index (χ1n) is 6.12. The smallest absolute Gasteiger partial charge is 0.252 e. The Kier molecular flexibility index (Phi) is 4.09. The molecule has 4 heteroatoms. The SMILES string of the molecule is O=C(NCC1CCCC(O)C1)c1cccnc1. The molecule has 92 valence electrons. The molecule has 1 aromatic heterocycles. The Labute approximate surface area is 101 Å². The zero-order valence-corrected chi connectivity index (χ0v) is 9.80. The molecule has 2 unspecified atom stereocenters. The second-order valence-electron chi connectivity index (χ2n) is 4.64. The number of aliphatic hydroxyl groups is 1. The Hall–Kier alpha value is -1.42. The van der Waals surface area contributed by atoms with E-state index < -0.39 is 0 Å². The molecule has 2 rings (SSSR count). The van der Waals surface area contributed by atoms with Crippen molar-refractivity contribution in [2.45, 2.75) is 31.8 Å². The number of aliphatic hydroxyl groups excluding tert-OH is 1. The summed E-state index contributed by atoms with van der Waals surface area (Å²) in [4.78, 5) is 15.7. The van der Waals surface area contributed by atoms with Crippen molar-refractivity contribution in [3.63, 3.8) is 0 Å². The molecule has 0 spiro atoms. The van der Waals surface area contributed by atoms with E-state index in [0.717, 1.165) is 25.7 Å². The van der Waals surface area contributed by atoms with Crippen LogP contribution in [0.1, 0.15) is 36.0 Å². The molecule has 0 aromatic carbocycles. The average Bonchev–Trinajstić information content (AvgIpc) is 2.37. The predicted octanol–water partition coefficient (Wildman–Crippen LogP) is 1.36. The van der Waals surface area contributed by atoms with Crippen LogP contribution in [-0.2, 0) is 0 Å². The van der Waals surface area contributed by atoms with Crippen LogP contribution in [0.2, 0.25) is 0 Å². The van der Waals surface area contributed by atoms with Gasteiger partial charge in [0.2, 0.25) is 0 Å². The molecule has 1 amide bonds. The molecule has 1 saturated carbocycles. The van der Waals surface area contributed by atoms with Gasteiger partial charge in [-0.15, -0.1) is 0 Å². The number of nitrogens with one attached hydrogen (secondary N) is 1. The number of nitrogens with zero attached hydrogens (tertiary/aromatic N) is 1. The monoisotopic (exact) mass is 234 g/mol. The fourth-order valence-corrected chi connectivity index (χ4v) is 2.28. The quantitative estimate of drug-likeness (QED) is 0.830. The van der Waals surface area contributed by atoms with E-state index in [1.165, 1.54) is 0 Å². The Morgan fingerprint density at radius 3 is 3.12 bits per heavy atom. The van der Waals surface area contributed by atoms with Crippen molar-refractivity contribution >= 4 is 5.91 Å². The fourth-order valence-electron chi connectivity index (χ4n) is 2.28. The lowest BCUT2D eigenvalue weighted by atomic mass is 9.87. The third kappa shape index (κ3) is 3.53. The zero-order valence-electron chi connectivity index (χ0n) is 9.80. The van der Waals surface area contributed by atoms with Crippen molar-refractivity contribution in [2.75, 3.05) is 6.54 Å². The number of pyridine rings is 1. The van der Waals surface area contributed by atoms with Gasteiger partial charge >= 0.3 is 0 Å². The Morgan fingerprint density at radius 1 is 1.53 bits per heavy atom. The number of hydrogen-bond acceptors (Lipinski definition) is 3. The first-order chi connectivity index (χ1) is 8.25. The summed E-state index contributed by atoms with van der Waals surface area (Å²) in [6, 6.07) is 3.50. The Bertz CT molecular complexity index is 367. The van der Waals surface area contributed by atoms with Crippen LogP contribution in [-0.4, -0.2) is 28.6 Å². The van der Waals surface area contributed by atoms with Crippen molar-refractivity contribution < 1.29 is 9.90 Å². The molecule has 17 heavy (non-hydrogen) atoms. The van der Waals surface area contributed by atoms with Crippen molar-refractivity contribution in [3.8, 4) is 0 Å². The number of hydrogen-bond donors (Lipinski definition) is 2. The summed E-state index contributed by atoms with van der Waals surface area (Å²) in [5.41, 5.74) is 0.587. The van der Waals surface area contributed by atoms with E-state index in [2.05, 4.69) is 10.3 Å². The molecule has 0 aliphatic heterocycles. The van der Waals surface area contributed by atoms with Crippen LogP contribution in [0.4, 0.5) is 0 Å². The van der Waals surface area contributed by atoms with Gasteiger partial charge in [0.1, 0.15) is 0 Å². The molecule has 2 atom stereocenters. The summed E-state index contributed by atoms with van der Waals surface area (Å²) in [7, 11) is 0. The Morgan fingerprint density at radius 2 is 2.41 bits per heavy atom. The largest absolute Gasteiger partial charge is 0.393 e. The van der Waals surface area contributed by atoms with Gasteiger partial charge in [0.15, 0.2) is 0 Å². The molecule has 0 radical (unpaired) electrons. The highest BCUT2D eigenvalue weighted by Gasteiger charge is 2.20. The summed E-state index contributed by atoms with van der Waals surface area (Å²) in [6.07, 6.45) is 6.85. The molecule has 0 bridgehead atoms. The number of rotatable bonds is 3. The lowest BCUT2D eigenvalue weighted by molar-refractivity contribution is 0.0873. The summed E-state index contributed by atoms with van der Waals surface area (Å²) < 4.78 is 0. The van der Waals surface area contributed by atoms with Gasteiger partial charge in [-0.25, -0.2) is 0 Å². The minimum atomic E-state index is -0.191. The van der Waals surface area contributed by atoms with E-state index in [1.54, 1.807) is 24.5 Å². The van der Waals surface area contributed by atoms with Crippen LogP contribution >= 0.6 is 0 Å². The maximum atomic E-state index is 11.8. The van der Waals surface area contributed by atoms with Gasteiger partial charge < -0.3 is 10.4 Å². The molecular formula is C13H18N2O2. The van der Waals surface area contributed by atoms with Gasteiger partial charge in [-0.05, 0) is 37.3 Å². The number of aromatic nitrogens is 1. The predicted molar refractivity (Wildman–Crippen MR) is 64.5 cm³/mol. The average molecular weight is 234 g/mol. The summed E-state index contributed by atoms with van der Waals surface area (Å²) in [6.45, 7) is 0.644. The van der Waals surface area contributed by atoms with Gasteiger partial charge in [-0.2, -0.15) is 0 Å². The van der Waals surface area contributed by atoms with E-state index in [0.29, 0.717) is 18.0 Å². The number of carbonyl (C=O) groups is 1. The first-order valence-corrected chi connectivity index (χ1v) is 6.12. The first kappa shape index (κ1) is 12.0. The third-order valence-corrected chi connectivity index (χ3v) is 3.23. The van der Waals surface area contributed by atoms with Gasteiger partial charge in [-0.1, -0.05) is 6.42 Å².